The first-order valence-corrected chi connectivity index (χ1v) is 14.2. The molecule has 0 radical (unpaired) electrons. The molecule has 0 unspecified atom stereocenters. The molecule has 14 heteroatoms. The Morgan fingerprint density at radius 3 is 1.95 bits per heavy atom. The van der Waals surface area contributed by atoms with Gasteiger partial charge < -0.3 is 4.90 Å². The van der Waals surface area contributed by atoms with Crippen LogP contribution in [0.5, 0.6) is 0 Å². The molecule has 0 aliphatic carbocycles. The van der Waals surface area contributed by atoms with E-state index >= 15 is 0 Å². The summed E-state index contributed by atoms with van der Waals surface area (Å²) in [7, 11) is -8.56. The van der Waals surface area contributed by atoms with Crippen LogP contribution in [-0.4, -0.2) is 40.3 Å². The topological polar surface area (TPSA) is 88.6 Å². The van der Waals surface area contributed by atoms with Gasteiger partial charge in [0.15, 0.2) is 19.7 Å². The average Bonchev–Trinajstić information content (AvgIpc) is 2.77. The standard InChI is InChI=1S/C23H23F6NO5S2/c1-21(2,37(34,35)17-6-4-5-15(11-17)22(24,25)26)14-9-10-30(20(31)13-14)18-8-7-16(23(27,28)29)12-19(18)36(3,32)33/h4-8,11-12,14H,9-10,13H2,1-3H3/t14-/m1/s1. The van der Waals surface area contributed by atoms with Crippen LogP contribution < -0.4 is 4.90 Å². The largest absolute Gasteiger partial charge is 0.416 e. The van der Waals surface area contributed by atoms with E-state index in [1.165, 1.54) is 13.8 Å². The number of hydrogen-bond acceptors (Lipinski definition) is 5. The number of amides is 1. The molecule has 1 aliphatic heterocycles. The zero-order valence-corrected chi connectivity index (χ0v) is 21.4. The average molecular weight is 572 g/mol. The van der Waals surface area contributed by atoms with Gasteiger partial charge in [0.1, 0.15) is 0 Å². The Labute approximate surface area is 210 Å². The van der Waals surface area contributed by atoms with Crippen LogP contribution in [0.2, 0.25) is 0 Å². The van der Waals surface area contributed by atoms with Gasteiger partial charge in [-0.15, -0.1) is 0 Å². The second-order valence-electron chi connectivity index (χ2n) is 9.32. The van der Waals surface area contributed by atoms with E-state index in [4.69, 9.17) is 0 Å². The summed E-state index contributed by atoms with van der Waals surface area (Å²) in [6.07, 6.45) is -9.31. The van der Waals surface area contributed by atoms with Crippen molar-refractivity contribution < 1.29 is 48.0 Å². The minimum atomic E-state index is -4.82. The quantitative estimate of drug-likeness (QED) is 0.465. The van der Waals surface area contributed by atoms with Gasteiger partial charge in [-0.1, -0.05) is 6.07 Å². The van der Waals surface area contributed by atoms with E-state index in [0.717, 1.165) is 29.2 Å². The van der Waals surface area contributed by atoms with Crippen molar-refractivity contribution in [2.24, 2.45) is 5.92 Å². The molecule has 0 saturated carbocycles. The summed E-state index contributed by atoms with van der Waals surface area (Å²) in [6, 6.07) is 5.21. The molecular formula is C23H23F6NO5S2. The highest BCUT2D eigenvalue weighted by Gasteiger charge is 2.47. The van der Waals surface area contributed by atoms with E-state index in [1.54, 1.807) is 0 Å². The lowest BCUT2D eigenvalue weighted by Gasteiger charge is -2.40. The summed E-state index contributed by atoms with van der Waals surface area (Å²) < 4.78 is 128. The van der Waals surface area contributed by atoms with Crippen molar-refractivity contribution >= 4 is 31.3 Å². The van der Waals surface area contributed by atoms with Gasteiger partial charge in [0, 0.05) is 19.2 Å². The van der Waals surface area contributed by atoms with Gasteiger partial charge in [0.2, 0.25) is 5.91 Å². The second kappa shape index (κ2) is 9.29. The Bertz CT molecular complexity index is 1430. The zero-order valence-electron chi connectivity index (χ0n) is 19.8. The smallest absolute Gasteiger partial charge is 0.311 e. The van der Waals surface area contributed by atoms with Crippen LogP contribution in [0.1, 0.15) is 37.8 Å². The normalized spacial score (nSPS) is 18.2. The summed E-state index contributed by atoms with van der Waals surface area (Å²) >= 11 is 0. The number of anilines is 1. The van der Waals surface area contributed by atoms with Gasteiger partial charge in [-0.05, 0) is 62.6 Å². The van der Waals surface area contributed by atoms with E-state index in [-0.39, 0.29) is 18.7 Å². The van der Waals surface area contributed by atoms with Crippen LogP contribution in [0.3, 0.4) is 0 Å². The van der Waals surface area contributed by atoms with Crippen LogP contribution in [-0.2, 0) is 36.8 Å². The molecule has 2 aromatic rings. The molecule has 1 amide bonds. The number of carbonyl (C=O) groups is 1. The summed E-state index contributed by atoms with van der Waals surface area (Å²) in [4.78, 5) is 12.7. The van der Waals surface area contributed by atoms with Gasteiger partial charge in [0.05, 0.1) is 31.4 Å². The van der Waals surface area contributed by atoms with Gasteiger partial charge in [-0.2, -0.15) is 26.3 Å². The van der Waals surface area contributed by atoms with Gasteiger partial charge >= 0.3 is 12.4 Å². The third-order valence-electron chi connectivity index (χ3n) is 6.55. The first-order valence-electron chi connectivity index (χ1n) is 10.8. The fourth-order valence-electron chi connectivity index (χ4n) is 4.25. The molecular weight excluding hydrogens is 548 g/mol. The predicted molar refractivity (Wildman–Crippen MR) is 122 cm³/mol. The number of benzene rings is 2. The van der Waals surface area contributed by atoms with Gasteiger partial charge in [0.25, 0.3) is 0 Å². The number of alkyl halides is 6. The first kappa shape index (κ1) is 29.0. The lowest BCUT2D eigenvalue weighted by Crippen LogP contribution is -2.49. The second-order valence-corrected chi connectivity index (χ2v) is 13.8. The minimum Gasteiger partial charge on any atom is -0.311 e. The maximum absolute atomic E-state index is 13.3. The van der Waals surface area contributed by atoms with Crippen molar-refractivity contribution in [1.82, 2.24) is 0 Å². The van der Waals surface area contributed by atoms with Crippen LogP contribution in [0.4, 0.5) is 32.0 Å². The van der Waals surface area contributed by atoms with E-state index < -0.39 is 75.9 Å². The molecule has 6 nitrogen and oxygen atoms in total. The summed E-state index contributed by atoms with van der Waals surface area (Å²) in [5.41, 5.74) is -2.63. The number of nitrogens with zero attached hydrogens (tertiary/aromatic N) is 1. The molecule has 37 heavy (non-hydrogen) atoms. The van der Waals surface area contributed by atoms with E-state index in [9.17, 15) is 48.0 Å². The molecule has 0 spiro atoms. The molecule has 1 fully saturated rings. The Hall–Kier alpha value is -2.61. The molecule has 1 atom stereocenters. The van der Waals surface area contributed by atoms with Crippen molar-refractivity contribution in [3.8, 4) is 0 Å². The van der Waals surface area contributed by atoms with E-state index in [0.29, 0.717) is 24.5 Å². The number of carbonyl (C=O) groups excluding carboxylic acids is 1. The van der Waals surface area contributed by atoms with E-state index in [2.05, 4.69) is 0 Å². The van der Waals surface area contributed by atoms with Crippen LogP contribution >= 0.6 is 0 Å². The number of hydrogen-bond donors (Lipinski definition) is 0. The summed E-state index contributed by atoms with van der Waals surface area (Å²) in [5, 5.41) is 0. The summed E-state index contributed by atoms with van der Waals surface area (Å²) in [5.74, 6) is -1.60. The third-order valence-corrected chi connectivity index (χ3v) is 10.3. The fourth-order valence-corrected chi connectivity index (χ4v) is 6.94. The number of rotatable bonds is 5. The molecule has 1 aliphatic rings. The maximum atomic E-state index is 13.3. The molecule has 0 aromatic heterocycles. The summed E-state index contributed by atoms with van der Waals surface area (Å²) in [6.45, 7) is 2.37. The van der Waals surface area contributed by atoms with Crippen LogP contribution in [0.15, 0.2) is 52.3 Å². The van der Waals surface area contributed by atoms with Crippen molar-refractivity contribution in [3.63, 3.8) is 0 Å². The molecule has 204 valence electrons. The minimum absolute atomic E-state index is 0.00115. The SMILES string of the molecule is CC(C)([C@@H]1CCN(c2ccc(C(F)(F)F)cc2S(C)(=O)=O)C(=O)C1)S(=O)(=O)c1cccc(C(F)(F)F)c1. The van der Waals surface area contributed by atoms with Crippen molar-refractivity contribution in [2.75, 3.05) is 17.7 Å². The van der Waals surface area contributed by atoms with Gasteiger partial charge in [-0.25, -0.2) is 16.8 Å². The van der Waals surface area contributed by atoms with Crippen LogP contribution in [0.25, 0.3) is 0 Å². The van der Waals surface area contributed by atoms with Crippen molar-refractivity contribution in [3.05, 3.63) is 53.6 Å². The van der Waals surface area contributed by atoms with E-state index in [1.807, 2.05) is 0 Å². The molecule has 1 heterocycles. The lowest BCUT2D eigenvalue weighted by molar-refractivity contribution is -0.138. The highest BCUT2D eigenvalue weighted by atomic mass is 32.2. The highest BCUT2D eigenvalue weighted by Crippen LogP contribution is 2.42. The third kappa shape index (κ3) is 5.64. The Kier molecular flexibility index (Phi) is 7.27. The predicted octanol–water partition coefficient (Wildman–Crippen LogP) is 5.12. The number of halogens is 6. The van der Waals surface area contributed by atoms with Crippen LogP contribution in [0, 0.1) is 5.92 Å². The Balaban J connectivity index is 1.94. The number of piperidine rings is 1. The maximum Gasteiger partial charge on any atom is 0.416 e. The molecule has 2 aromatic carbocycles. The Morgan fingerprint density at radius 1 is 0.865 bits per heavy atom. The zero-order chi connectivity index (χ0) is 28.2. The molecule has 0 N–H and O–H groups in total. The molecule has 1 saturated heterocycles. The van der Waals surface area contributed by atoms with Crippen molar-refractivity contribution in [2.45, 2.75) is 53.6 Å². The monoisotopic (exact) mass is 571 g/mol. The first-order chi connectivity index (χ1) is 16.7. The van der Waals surface area contributed by atoms with Gasteiger partial charge in [-0.3, -0.25) is 4.79 Å². The highest BCUT2D eigenvalue weighted by molar-refractivity contribution is 7.92. The fraction of sp³-hybridized carbons (Fsp3) is 0.435. The number of sulfone groups is 2. The molecule has 0 bridgehead atoms. The van der Waals surface area contributed by atoms with Crippen molar-refractivity contribution in [1.29, 1.82) is 0 Å². The lowest BCUT2D eigenvalue weighted by atomic mass is 9.85. The molecule has 3 rings (SSSR count). The Morgan fingerprint density at radius 2 is 1.43 bits per heavy atom.